The van der Waals surface area contributed by atoms with Crippen LogP contribution in [0.1, 0.15) is 58.1 Å². The second kappa shape index (κ2) is 11.2. The quantitative estimate of drug-likeness (QED) is 0.522. The Bertz CT molecular complexity index is 1190. The van der Waals surface area contributed by atoms with E-state index in [4.69, 9.17) is 4.74 Å². The molecular weight excluding hydrogens is 490 g/mol. The van der Waals surface area contributed by atoms with E-state index in [9.17, 15) is 18.4 Å². The molecule has 0 N–H and O–H groups in total. The third-order valence-electron chi connectivity index (χ3n) is 7.02. The molecule has 0 spiro atoms. The normalized spacial score (nSPS) is 20.4. The first-order chi connectivity index (χ1) is 18.0. The summed E-state index contributed by atoms with van der Waals surface area (Å²) in [6.07, 6.45) is 1.33. The molecule has 1 fully saturated rings. The number of ether oxygens (including phenoxy) is 1. The number of hydrogen-bond acceptors (Lipinski definition) is 5. The monoisotopic (exact) mass is 526 g/mol. The van der Waals surface area contributed by atoms with Gasteiger partial charge in [-0.2, -0.15) is 5.10 Å². The van der Waals surface area contributed by atoms with Crippen LogP contribution in [0, 0.1) is 11.6 Å². The van der Waals surface area contributed by atoms with Crippen LogP contribution in [-0.4, -0.2) is 70.8 Å². The van der Waals surface area contributed by atoms with E-state index in [1.54, 1.807) is 4.90 Å². The molecule has 0 bridgehead atoms. The van der Waals surface area contributed by atoms with Crippen LogP contribution in [0.5, 0.6) is 0 Å². The van der Waals surface area contributed by atoms with E-state index >= 15 is 0 Å². The van der Waals surface area contributed by atoms with Crippen LogP contribution < -0.4 is 0 Å². The number of hydrazone groups is 1. The van der Waals surface area contributed by atoms with E-state index in [1.165, 1.54) is 11.9 Å². The molecule has 2 heterocycles. The highest BCUT2D eigenvalue weighted by molar-refractivity contribution is 6.04. The highest BCUT2D eigenvalue weighted by Gasteiger charge is 2.46. The minimum absolute atomic E-state index is 0.0762. The lowest BCUT2D eigenvalue weighted by molar-refractivity contribution is -0.135. The molecule has 204 valence electrons. The Morgan fingerprint density at radius 2 is 1.71 bits per heavy atom. The molecule has 0 unspecified atom stereocenters. The zero-order valence-corrected chi connectivity index (χ0v) is 22.5. The van der Waals surface area contributed by atoms with Gasteiger partial charge in [-0.3, -0.25) is 9.69 Å². The van der Waals surface area contributed by atoms with Gasteiger partial charge >= 0.3 is 6.09 Å². The average Bonchev–Trinajstić information content (AvgIpc) is 3.26. The summed E-state index contributed by atoms with van der Waals surface area (Å²) in [5.41, 5.74) is -0.00140. The predicted octanol–water partition coefficient (Wildman–Crippen LogP) is 5.15. The number of benzene rings is 2. The number of piperazine rings is 1. The third-order valence-corrected chi connectivity index (χ3v) is 7.02. The van der Waals surface area contributed by atoms with Gasteiger partial charge in [0, 0.05) is 45.1 Å². The van der Waals surface area contributed by atoms with E-state index in [0.717, 1.165) is 49.8 Å². The zero-order valence-electron chi connectivity index (χ0n) is 22.5. The molecule has 1 atom stereocenters. The van der Waals surface area contributed by atoms with Crippen molar-refractivity contribution in [2.45, 2.75) is 58.1 Å². The van der Waals surface area contributed by atoms with Gasteiger partial charge in [0.25, 0.3) is 0 Å². The molecule has 2 amide bonds. The van der Waals surface area contributed by atoms with Crippen molar-refractivity contribution in [3.8, 4) is 0 Å². The Morgan fingerprint density at radius 3 is 2.34 bits per heavy atom. The Morgan fingerprint density at radius 1 is 1.03 bits per heavy atom. The molecule has 2 aliphatic heterocycles. The van der Waals surface area contributed by atoms with Crippen molar-refractivity contribution in [2.24, 2.45) is 5.10 Å². The summed E-state index contributed by atoms with van der Waals surface area (Å²) in [5, 5.41) is 5.98. The minimum Gasteiger partial charge on any atom is -0.444 e. The van der Waals surface area contributed by atoms with Gasteiger partial charge in [-0.15, -0.1) is 0 Å². The Hall–Kier alpha value is -3.33. The van der Waals surface area contributed by atoms with E-state index in [2.05, 4.69) is 10.0 Å². The second-order valence-corrected chi connectivity index (χ2v) is 11.0. The van der Waals surface area contributed by atoms with Gasteiger partial charge in [0.1, 0.15) is 17.2 Å². The number of hydrogen-bond donors (Lipinski definition) is 0. The lowest BCUT2D eigenvalue weighted by Crippen LogP contribution is -2.50. The molecule has 0 radical (unpaired) electrons. The van der Waals surface area contributed by atoms with Crippen molar-refractivity contribution in [2.75, 3.05) is 32.7 Å². The Balaban J connectivity index is 1.48. The van der Waals surface area contributed by atoms with Crippen LogP contribution in [0.15, 0.2) is 53.6 Å². The Kier molecular flexibility index (Phi) is 8.16. The van der Waals surface area contributed by atoms with Crippen LogP contribution >= 0.6 is 0 Å². The molecule has 9 heteroatoms. The van der Waals surface area contributed by atoms with Gasteiger partial charge in [0.15, 0.2) is 0 Å². The van der Waals surface area contributed by atoms with Crippen molar-refractivity contribution in [1.82, 2.24) is 14.8 Å². The molecule has 4 rings (SSSR count). The van der Waals surface area contributed by atoms with Crippen LogP contribution in [0.3, 0.4) is 0 Å². The highest BCUT2D eigenvalue weighted by atomic mass is 19.1. The summed E-state index contributed by atoms with van der Waals surface area (Å²) >= 11 is 0. The van der Waals surface area contributed by atoms with Crippen molar-refractivity contribution >= 4 is 17.7 Å². The molecular formula is C29H36F2N4O3. The minimum atomic E-state index is -0.806. The molecule has 1 saturated heterocycles. The van der Waals surface area contributed by atoms with E-state index in [1.807, 2.05) is 51.1 Å². The number of amides is 2. The molecule has 2 aliphatic rings. The summed E-state index contributed by atoms with van der Waals surface area (Å²) in [6, 6.07) is 12.9. The van der Waals surface area contributed by atoms with Crippen molar-refractivity contribution in [3.63, 3.8) is 0 Å². The number of carbonyl (C=O) groups excluding carboxylic acids is 2. The average molecular weight is 527 g/mol. The molecule has 38 heavy (non-hydrogen) atoms. The number of rotatable bonds is 6. The summed E-state index contributed by atoms with van der Waals surface area (Å²) in [4.78, 5) is 29.2. The highest BCUT2D eigenvalue weighted by Crippen LogP contribution is 2.43. The molecule has 0 saturated carbocycles. The lowest BCUT2D eigenvalue weighted by Gasteiger charge is -2.38. The topological polar surface area (TPSA) is 65.5 Å². The third kappa shape index (κ3) is 6.20. The molecule has 0 aromatic heterocycles. The van der Waals surface area contributed by atoms with Crippen molar-refractivity contribution in [3.05, 3.63) is 71.3 Å². The number of carbonyl (C=O) groups is 2. The van der Waals surface area contributed by atoms with Crippen LogP contribution in [-0.2, 0) is 15.1 Å². The molecule has 2 aromatic rings. The van der Waals surface area contributed by atoms with Gasteiger partial charge in [-0.1, -0.05) is 30.3 Å². The molecule has 2 aromatic carbocycles. The largest absolute Gasteiger partial charge is 0.444 e. The van der Waals surface area contributed by atoms with Crippen molar-refractivity contribution < 1.29 is 23.1 Å². The first-order valence-electron chi connectivity index (χ1n) is 13.1. The standard InChI is InChI=1S/C29H36F2N4O3/c1-21(36)35-29(22-9-6-5-7-10-22,20-26(32-35)24-19-23(30)11-12-25(24)31)13-8-14-33-15-17-34(18-16-33)27(37)38-28(2,3)4/h5-7,9-12,19H,8,13-18,20H2,1-4H3/t29-/m0/s1. The first-order valence-corrected chi connectivity index (χ1v) is 13.1. The van der Waals surface area contributed by atoms with Gasteiger partial charge < -0.3 is 9.64 Å². The SMILES string of the molecule is CC(=O)N1N=C(c2cc(F)ccc2F)C[C@@]1(CCCN1CCN(C(=O)OC(C)(C)C)CC1)c1ccccc1. The van der Waals surface area contributed by atoms with Gasteiger partial charge in [0.2, 0.25) is 5.91 Å². The maximum absolute atomic E-state index is 14.7. The van der Waals surface area contributed by atoms with E-state index in [0.29, 0.717) is 25.2 Å². The van der Waals surface area contributed by atoms with Gasteiger partial charge in [0.05, 0.1) is 11.3 Å². The smallest absolute Gasteiger partial charge is 0.410 e. The van der Waals surface area contributed by atoms with Crippen LogP contribution in [0.2, 0.25) is 0 Å². The Labute approximate surface area is 223 Å². The number of nitrogens with zero attached hydrogens (tertiary/aromatic N) is 4. The summed E-state index contributed by atoms with van der Waals surface area (Å²) in [6.45, 7) is 10.4. The summed E-state index contributed by atoms with van der Waals surface area (Å²) in [5.74, 6) is -1.38. The second-order valence-electron chi connectivity index (χ2n) is 11.0. The maximum Gasteiger partial charge on any atom is 0.410 e. The van der Waals surface area contributed by atoms with Gasteiger partial charge in [-0.25, -0.2) is 18.6 Å². The van der Waals surface area contributed by atoms with Crippen LogP contribution in [0.25, 0.3) is 0 Å². The fourth-order valence-electron chi connectivity index (χ4n) is 5.23. The molecule has 7 nitrogen and oxygen atoms in total. The predicted molar refractivity (Wildman–Crippen MR) is 142 cm³/mol. The van der Waals surface area contributed by atoms with Gasteiger partial charge in [-0.05, 0) is 63.9 Å². The zero-order chi connectivity index (χ0) is 27.5. The lowest BCUT2D eigenvalue weighted by atomic mass is 9.80. The fraction of sp³-hybridized carbons (Fsp3) is 0.483. The van der Waals surface area contributed by atoms with Crippen molar-refractivity contribution in [1.29, 1.82) is 0 Å². The first kappa shape index (κ1) is 27.7. The van der Waals surface area contributed by atoms with Crippen LogP contribution in [0.4, 0.5) is 13.6 Å². The number of halogens is 2. The fourth-order valence-corrected chi connectivity index (χ4v) is 5.23. The molecule has 0 aliphatic carbocycles. The van der Waals surface area contributed by atoms with E-state index in [-0.39, 0.29) is 24.0 Å². The maximum atomic E-state index is 14.7. The summed E-state index contributed by atoms with van der Waals surface area (Å²) in [7, 11) is 0. The van der Waals surface area contributed by atoms with E-state index < -0.39 is 22.8 Å². The summed E-state index contributed by atoms with van der Waals surface area (Å²) < 4.78 is 34.2.